The highest BCUT2D eigenvalue weighted by Crippen LogP contribution is 2.33. The molecule has 0 amide bonds. The molecule has 1 aromatic rings. The topological polar surface area (TPSA) is 46.5 Å². The lowest BCUT2D eigenvalue weighted by Gasteiger charge is -2.09. The highest BCUT2D eigenvalue weighted by Gasteiger charge is 2.33. The van der Waals surface area contributed by atoms with E-state index in [-0.39, 0.29) is 18.6 Å². The van der Waals surface area contributed by atoms with Gasteiger partial charge in [-0.25, -0.2) is 0 Å². The van der Waals surface area contributed by atoms with Crippen LogP contribution >= 0.6 is 0 Å². The van der Waals surface area contributed by atoms with E-state index >= 15 is 0 Å². The van der Waals surface area contributed by atoms with Gasteiger partial charge in [-0.2, -0.15) is 13.2 Å². The van der Waals surface area contributed by atoms with Gasteiger partial charge >= 0.3 is 12.1 Å². The number of rotatable bonds is 2. The van der Waals surface area contributed by atoms with E-state index in [1.165, 1.54) is 0 Å². The van der Waals surface area contributed by atoms with E-state index < -0.39 is 23.5 Å². The third-order valence-corrected chi connectivity index (χ3v) is 2.07. The summed E-state index contributed by atoms with van der Waals surface area (Å²) in [4.78, 5) is 11.0. The van der Waals surface area contributed by atoms with Crippen LogP contribution in [0, 0.1) is 11.8 Å². The van der Waals surface area contributed by atoms with Gasteiger partial charge in [-0.15, -0.1) is 0 Å². The van der Waals surface area contributed by atoms with Gasteiger partial charge in [0.05, 0.1) is 12.2 Å². The fourth-order valence-electron chi connectivity index (χ4n) is 1.30. The van der Waals surface area contributed by atoms with Crippen molar-refractivity contribution in [2.45, 2.75) is 19.5 Å². The monoisotopic (exact) mass is 272 g/mol. The van der Waals surface area contributed by atoms with Crippen molar-refractivity contribution < 1.29 is 27.8 Å². The van der Waals surface area contributed by atoms with Crippen molar-refractivity contribution in [3.63, 3.8) is 0 Å². The molecule has 19 heavy (non-hydrogen) atoms. The molecule has 0 aliphatic heterocycles. The predicted molar refractivity (Wildman–Crippen MR) is 61.2 cm³/mol. The Balaban J connectivity index is 2.96. The quantitative estimate of drug-likeness (QED) is 0.665. The van der Waals surface area contributed by atoms with Crippen LogP contribution in [0.2, 0.25) is 0 Å². The summed E-state index contributed by atoms with van der Waals surface area (Å²) in [6.45, 7) is 1.81. The van der Waals surface area contributed by atoms with Crippen LogP contribution in [0.1, 0.15) is 24.5 Å². The van der Waals surface area contributed by atoms with Gasteiger partial charge in [0.1, 0.15) is 12.2 Å². The SMILES string of the molecule is CCOC(=O)CC#Cc1ccc(O)cc1C(F)(F)F. The second kappa shape index (κ2) is 6.14. The number of carbonyl (C=O) groups excluding carboxylic acids is 1. The highest BCUT2D eigenvalue weighted by atomic mass is 19.4. The molecular weight excluding hydrogens is 261 g/mol. The minimum absolute atomic E-state index is 0.188. The van der Waals surface area contributed by atoms with Crippen molar-refractivity contribution in [1.29, 1.82) is 0 Å². The van der Waals surface area contributed by atoms with Gasteiger partial charge in [0.2, 0.25) is 0 Å². The molecule has 0 aromatic heterocycles. The molecule has 0 heterocycles. The van der Waals surface area contributed by atoms with E-state index in [0.717, 1.165) is 12.1 Å². The summed E-state index contributed by atoms with van der Waals surface area (Å²) in [7, 11) is 0. The second-order valence-electron chi connectivity index (χ2n) is 3.51. The first-order valence-corrected chi connectivity index (χ1v) is 5.39. The van der Waals surface area contributed by atoms with Gasteiger partial charge in [0, 0.05) is 5.56 Å². The molecule has 1 N–H and O–H groups in total. The maximum absolute atomic E-state index is 12.7. The van der Waals surface area contributed by atoms with Crippen LogP contribution in [0.3, 0.4) is 0 Å². The first-order chi connectivity index (χ1) is 8.84. The summed E-state index contributed by atoms with van der Waals surface area (Å²) in [5, 5.41) is 9.06. The molecule has 1 aromatic carbocycles. The molecule has 0 saturated carbocycles. The zero-order chi connectivity index (χ0) is 14.5. The zero-order valence-corrected chi connectivity index (χ0v) is 10.0. The Bertz CT molecular complexity index is 524. The number of carbonyl (C=O) groups is 1. The van der Waals surface area contributed by atoms with Crippen molar-refractivity contribution in [1.82, 2.24) is 0 Å². The second-order valence-corrected chi connectivity index (χ2v) is 3.51. The lowest BCUT2D eigenvalue weighted by atomic mass is 10.1. The van der Waals surface area contributed by atoms with Gasteiger partial charge < -0.3 is 9.84 Å². The van der Waals surface area contributed by atoms with Gasteiger partial charge in [-0.1, -0.05) is 11.8 Å². The zero-order valence-electron chi connectivity index (χ0n) is 10.0. The van der Waals surface area contributed by atoms with Crippen molar-refractivity contribution in [2.75, 3.05) is 6.61 Å². The van der Waals surface area contributed by atoms with Crippen LogP contribution in [0.4, 0.5) is 13.2 Å². The predicted octanol–water partition coefficient (Wildman–Crippen LogP) is 2.72. The average molecular weight is 272 g/mol. The molecule has 0 bridgehead atoms. The van der Waals surface area contributed by atoms with Crippen molar-refractivity contribution in [3.05, 3.63) is 29.3 Å². The first-order valence-electron chi connectivity index (χ1n) is 5.39. The number of hydrogen-bond donors (Lipinski definition) is 1. The Labute approximate surface area is 108 Å². The smallest absolute Gasteiger partial charge is 0.417 e. The fraction of sp³-hybridized carbons (Fsp3) is 0.308. The Morgan fingerprint density at radius 2 is 2.11 bits per heavy atom. The van der Waals surface area contributed by atoms with E-state index in [1.807, 2.05) is 0 Å². The molecule has 0 fully saturated rings. The summed E-state index contributed by atoms with van der Waals surface area (Å²) < 4.78 is 42.6. The molecule has 0 atom stereocenters. The Morgan fingerprint density at radius 1 is 1.42 bits per heavy atom. The molecule has 0 aliphatic rings. The number of ether oxygens (including phenoxy) is 1. The van der Waals surface area contributed by atoms with Gasteiger partial charge in [0.25, 0.3) is 0 Å². The third kappa shape index (κ3) is 4.54. The molecular formula is C13H11F3O3. The number of phenolic OH excluding ortho intramolecular Hbond substituents is 1. The normalized spacial score (nSPS) is 10.5. The molecule has 0 saturated heterocycles. The number of esters is 1. The van der Waals surface area contributed by atoms with Crippen molar-refractivity contribution >= 4 is 5.97 Å². The largest absolute Gasteiger partial charge is 0.508 e. The Hall–Kier alpha value is -2.16. The van der Waals surface area contributed by atoms with Crippen LogP contribution in [0.25, 0.3) is 0 Å². The molecule has 0 unspecified atom stereocenters. The highest BCUT2D eigenvalue weighted by molar-refractivity contribution is 5.72. The Kier molecular flexibility index (Phi) is 4.81. The summed E-state index contributed by atoms with van der Waals surface area (Å²) >= 11 is 0. The molecule has 6 heteroatoms. The molecule has 0 spiro atoms. The standard InChI is InChI=1S/C13H11F3O3/c1-2-19-12(18)5-3-4-9-6-7-10(17)8-11(9)13(14,15)16/h6-8,17H,2,5H2,1H3. The number of halogens is 3. The van der Waals surface area contributed by atoms with Crippen LogP contribution in [0.15, 0.2) is 18.2 Å². The maximum atomic E-state index is 12.7. The summed E-state index contributed by atoms with van der Waals surface area (Å²) in [5.41, 5.74) is -1.33. The summed E-state index contributed by atoms with van der Waals surface area (Å²) in [6.07, 6.45) is -4.90. The number of aromatic hydroxyl groups is 1. The van der Waals surface area contributed by atoms with Crippen LogP contribution < -0.4 is 0 Å². The van der Waals surface area contributed by atoms with Crippen LogP contribution in [-0.4, -0.2) is 17.7 Å². The summed E-state index contributed by atoms with van der Waals surface area (Å²) in [5.74, 6) is 3.47. The average Bonchev–Trinajstić information content (AvgIpc) is 2.30. The number of phenols is 1. The van der Waals surface area contributed by atoms with Gasteiger partial charge in [-0.05, 0) is 25.1 Å². The third-order valence-electron chi connectivity index (χ3n) is 2.07. The Morgan fingerprint density at radius 3 is 2.68 bits per heavy atom. The van der Waals surface area contributed by atoms with Crippen LogP contribution in [0.5, 0.6) is 5.75 Å². The molecule has 3 nitrogen and oxygen atoms in total. The van der Waals surface area contributed by atoms with Gasteiger partial charge in [0.15, 0.2) is 0 Å². The van der Waals surface area contributed by atoms with Crippen molar-refractivity contribution in [2.24, 2.45) is 0 Å². The number of hydrogen-bond acceptors (Lipinski definition) is 3. The van der Waals surface area contributed by atoms with E-state index in [0.29, 0.717) is 6.07 Å². The van der Waals surface area contributed by atoms with E-state index in [9.17, 15) is 18.0 Å². The van der Waals surface area contributed by atoms with E-state index in [2.05, 4.69) is 16.6 Å². The lowest BCUT2D eigenvalue weighted by Crippen LogP contribution is -2.07. The fourth-order valence-corrected chi connectivity index (χ4v) is 1.30. The summed E-state index contributed by atoms with van der Waals surface area (Å²) in [6, 6.07) is 2.74. The minimum atomic E-state index is -4.62. The van der Waals surface area contributed by atoms with E-state index in [1.54, 1.807) is 6.92 Å². The van der Waals surface area contributed by atoms with Crippen molar-refractivity contribution in [3.8, 4) is 17.6 Å². The molecule has 1 rings (SSSR count). The maximum Gasteiger partial charge on any atom is 0.417 e. The molecule has 102 valence electrons. The van der Waals surface area contributed by atoms with Crippen LogP contribution in [-0.2, 0) is 15.7 Å². The lowest BCUT2D eigenvalue weighted by molar-refractivity contribution is -0.141. The molecule has 0 radical (unpaired) electrons. The van der Waals surface area contributed by atoms with Gasteiger partial charge in [-0.3, -0.25) is 4.79 Å². The molecule has 0 aliphatic carbocycles. The minimum Gasteiger partial charge on any atom is -0.508 e. The number of benzene rings is 1. The van der Waals surface area contributed by atoms with E-state index in [4.69, 9.17) is 5.11 Å². The first kappa shape index (κ1) is 14.9. The number of alkyl halides is 3.